The summed E-state index contributed by atoms with van der Waals surface area (Å²) in [5, 5.41) is 7.79. The zero-order chi connectivity index (χ0) is 13.5. The molecule has 0 atom stereocenters. The van der Waals surface area contributed by atoms with Gasteiger partial charge in [-0.2, -0.15) is 5.10 Å². The fourth-order valence-electron chi connectivity index (χ4n) is 2.17. The average Bonchev–Trinajstić information content (AvgIpc) is 2.89. The summed E-state index contributed by atoms with van der Waals surface area (Å²) in [7, 11) is 0. The number of aryl methyl sites for hydroxylation is 1. The largest absolute Gasteiger partial charge is 0.313 e. The molecule has 3 heteroatoms. The molecule has 1 aromatic heterocycles. The summed E-state index contributed by atoms with van der Waals surface area (Å²) in [5.74, 6) is 0. The second-order valence-corrected chi connectivity index (χ2v) is 4.81. The molecule has 0 fully saturated rings. The molecule has 1 N–H and O–H groups in total. The third kappa shape index (κ3) is 3.67. The Bertz CT molecular complexity index is 485. The summed E-state index contributed by atoms with van der Waals surface area (Å²) in [6, 6.07) is 10.8. The first kappa shape index (κ1) is 13.8. The SMILES string of the molecule is CCCNCc1ccc(-c2ccnn2CCC)cc1. The maximum atomic E-state index is 4.37. The minimum Gasteiger partial charge on any atom is -0.313 e. The van der Waals surface area contributed by atoms with E-state index in [2.05, 4.69) is 59.3 Å². The van der Waals surface area contributed by atoms with Crippen molar-refractivity contribution in [2.75, 3.05) is 6.54 Å². The lowest BCUT2D eigenvalue weighted by molar-refractivity contribution is 0.609. The summed E-state index contributed by atoms with van der Waals surface area (Å²) >= 11 is 0. The van der Waals surface area contributed by atoms with E-state index < -0.39 is 0 Å². The van der Waals surface area contributed by atoms with Gasteiger partial charge in [-0.25, -0.2) is 0 Å². The van der Waals surface area contributed by atoms with Crippen LogP contribution in [0.15, 0.2) is 36.5 Å². The lowest BCUT2D eigenvalue weighted by atomic mass is 10.1. The van der Waals surface area contributed by atoms with Crippen LogP contribution in [0.25, 0.3) is 11.3 Å². The molecular weight excluding hydrogens is 234 g/mol. The normalized spacial score (nSPS) is 10.8. The van der Waals surface area contributed by atoms with E-state index in [1.807, 2.05) is 6.20 Å². The van der Waals surface area contributed by atoms with Crippen molar-refractivity contribution in [2.24, 2.45) is 0 Å². The summed E-state index contributed by atoms with van der Waals surface area (Å²) < 4.78 is 2.07. The number of hydrogen-bond acceptors (Lipinski definition) is 2. The number of nitrogens with one attached hydrogen (secondary N) is 1. The van der Waals surface area contributed by atoms with E-state index in [9.17, 15) is 0 Å². The molecule has 0 spiro atoms. The molecule has 0 aliphatic carbocycles. The van der Waals surface area contributed by atoms with E-state index in [0.29, 0.717) is 0 Å². The van der Waals surface area contributed by atoms with Crippen molar-refractivity contribution in [3.05, 3.63) is 42.1 Å². The van der Waals surface area contributed by atoms with E-state index >= 15 is 0 Å². The van der Waals surface area contributed by atoms with Gasteiger partial charge in [0.15, 0.2) is 0 Å². The first-order chi connectivity index (χ1) is 9.35. The van der Waals surface area contributed by atoms with Gasteiger partial charge in [0.25, 0.3) is 0 Å². The Morgan fingerprint density at radius 1 is 1.05 bits per heavy atom. The van der Waals surface area contributed by atoms with Crippen molar-refractivity contribution in [2.45, 2.75) is 39.8 Å². The topological polar surface area (TPSA) is 29.9 Å². The van der Waals surface area contributed by atoms with Crippen LogP contribution in [0.1, 0.15) is 32.3 Å². The van der Waals surface area contributed by atoms with Crippen molar-refractivity contribution >= 4 is 0 Å². The summed E-state index contributed by atoms with van der Waals surface area (Å²) in [4.78, 5) is 0. The van der Waals surface area contributed by atoms with Crippen LogP contribution in [0.5, 0.6) is 0 Å². The van der Waals surface area contributed by atoms with E-state index in [1.54, 1.807) is 0 Å². The molecule has 1 aromatic carbocycles. The smallest absolute Gasteiger partial charge is 0.0682 e. The number of rotatable bonds is 7. The van der Waals surface area contributed by atoms with Gasteiger partial charge < -0.3 is 5.32 Å². The van der Waals surface area contributed by atoms with Crippen LogP contribution in [-0.2, 0) is 13.1 Å². The fraction of sp³-hybridized carbons (Fsp3) is 0.438. The quantitative estimate of drug-likeness (QED) is 0.770. The predicted octanol–water partition coefficient (Wildman–Crippen LogP) is 3.46. The molecule has 0 amide bonds. The molecule has 2 rings (SSSR count). The number of aromatic nitrogens is 2. The summed E-state index contributed by atoms with van der Waals surface area (Å²) in [6.45, 7) is 7.36. The van der Waals surface area contributed by atoms with Crippen molar-refractivity contribution in [1.82, 2.24) is 15.1 Å². The Kier molecular flexibility index (Phi) is 5.16. The standard InChI is InChI=1S/C16H23N3/c1-3-10-17-13-14-5-7-15(8-6-14)16-9-11-18-19(16)12-4-2/h5-9,11,17H,3-4,10,12-13H2,1-2H3. The van der Waals surface area contributed by atoms with Crippen molar-refractivity contribution < 1.29 is 0 Å². The highest BCUT2D eigenvalue weighted by Gasteiger charge is 2.04. The molecule has 102 valence electrons. The van der Waals surface area contributed by atoms with Gasteiger partial charge in [-0.15, -0.1) is 0 Å². The van der Waals surface area contributed by atoms with Gasteiger partial charge in [-0.05, 0) is 36.6 Å². The van der Waals surface area contributed by atoms with Gasteiger partial charge >= 0.3 is 0 Å². The van der Waals surface area contributed by atoms with Crippen LogP contribution >= 0.6 is 0 Å². The summed E-state index contributed by atoms with van der Waals surface area (Å²) in [5.41, 5.74) is 3.78. The zero-order valence-corrected chi connectivity index (χ0v) is 11.9. The minimum absolute atomic E-state index is 0.947. The number of nitrogens with zero attached hydrogens (tertiary/aromatic N) is 2. The van der Waals surface area contributed by atoms with Crippen LogP contribution in [-0.4, -0.2) is 16.3 Å². The third-order valence-corrected chi connectivity index (χ3v) is 3.16. The monoisotopic (exact) mass is 257 g/mol. The molecule has 0 unspecified atom stereocenters. The lowest BCUT2D eigenvalue weighted by Crippen LogP contribution is -2.13. The van der Waals surface area contributed by atoms with E-state index in [1.165, 1.54) is 23.2 Å². The molecule has 0 aliphatic rings. The van der Waals surface area contributed by atoms with Crippen LogP contribution in [0.2, 0.25) is 0 Å². The molecule has 0 aliphatic heterocycles. The highest BCUT2D eigenvalue weighted by Crippen LogP contribution is 2.19. The maximum Gasteiger partial charge on any atom is 0.0682 e. The van der Waals surface area contributed by atoms with Crippen LogP contribution in [0.4, 0.5) is 0 Å². The molecule has 2 aromatic rings. The second-order valence-electron chi connectivity index (χ2n) is 4.81. The first-order valence-electron chi connectivity index (χ1n) is 7.17. The third-order valence-electron chi connectivity index (χ3n) is 3.16. The van der Waals surface area contributed by atoms with Gasteiger partial charge in [0.05, 0.1) is 5.69 Å². The predicted molar refractivity (Wildman–Crippen MR) is 80.0 cm³/mol. The van der Waals surface area contributed by atoms with E-state index in [4.69, 9.17) is 0 Å². The van der Waals surface area contributed by atoms with Crippen molar-refractivity contribution in [3.8, 4) is 11.3 Å². The zero-order valence-electron chi connectivity index (χ0n) is 11.9. The molecule has 0 saturated carbocycles. The van der Waals surface area contributed by atoms with Gasteiger partial charge in [-0.1, -0.05) is 38.1 Å². The Hall–Kier alpha value is -1.61. The van der Waals surface area contributed by atoms with E-state index in [-0.39, 0.29) is 0 Å². The Morgan fingerprint density at radius 3 is 2.53 bits per heavy atom. The van der Waals surface area contributed by atoms with Crippen LogP contribution < -0.4 is 5.32 Å². The highest BCUT2D eigenvalue weighted by atomic mass is 15.3. The Balaban J connectivity index is 2.07. The lowest BCUT2D eigenvalue weighted by Gasteiger charge is -2.08. The Labute approximate surface area is 115 Å². The maximum absolute atomic E-state index is 4.37. The van der Waals surface area contributed by atoms with Gasteiger partial charge in [0.1, 0.15) is 0 Å². The van der Waals surface area contributed by atoms with Crippen molar-refractivity contribution in [3.63, 3.8) is 0 Å². The molecule has 1 heterocycles. The second kappa shape index (κ2) is 7.10. The molecule has 19 heavy (non-hydrogen) atoms. The fourth-order valence-corrected chi connectivity index (χ4v) is 2.17. The molecule has 0 bridgehead atoms. The van der Waals surface area contributed by atoms with Crippen LogP contribution in [0.3, 0.4) is 0 Å². The average molecular weight is 257 g/mol. The number of hydrogen-bond donors (Lipinski definition) is 1. The van der Waals surface area contributed by atoms with E-state index in [0.717, 1.165) is 26.1 Å². The van der Waals surface area contributed by atoms with Gasteiger partial charge in [0, 0.05) is 19.3 Å². The molecule has 3 nitrogen and oxygen atoms in total. The van der Waals surface area contributed by atoms with Gasteiger partial charge in [-0.3, -0.25) is 4.68 Å². The Morgan fingerprint density at radius 2 is 1.84 bits per heavy atom. The highest BCUT2D eigenvalue weighted by molar-refractivity contribution is 5.59. The minimum atomic E-state index is 0.947. The van der Waals surface area contributed by atoms with Gasteiger partial charge in [0.2, 0.25) is 0 Å². The number of benzene rings is 1. The molecule has 0 saturated heterocycles. The van der Waals surface area contributed by atoms with Crippen LogP contribution in [0, 0.1) is 0 Å². The van der Waals surface area contributed by atoms with Crippen molar-refractivity contribution in [1.29, 1.82) is 0 Å². The summed E-state index contributed by atoms with van der Waals surface area (Å²) in [6.07, 6.45) is 4.16. The molecular formula is C16H23N3. The first-order valence-corrected chi connectivity index (χ1v) is 7.17. The molecule has 0 radical (unpaired) electrons.